The molecule has 3 heteroatoms. The number of hydrogen-bond donors (Lipinski definition) is 1. The molecule has 0 aromatic heterocycles. The van der Waals surface area contributed by atoms with Crippen molar-refractivity contribution in [2.75, 3.05) is 12.3 Å². The summed E-state index contributed by atoms with van der Waals surface area (Å²) in [6, 6.07) is 11.8. The number of aryl methyl sites for hydroxylation is 2. The minimum absolute atomic E-state index is 0.105. The number of benzene rings is 2. The third kappa shape index (κ3) is 2.92. The number of rotatable bonds is 4. The molecule has 0 saturated carbocycles. The number of anilines is 1. The van der Waals surface area contributed by atoms with Crippen LogP contribution in [0.2, 0.25) is 0 Å². The van der Waals surface area contributed by atoms with Gasteiger partial charge in [-0.25, -0.2) is 0 Å². The maximum absolute atomic E-state index is 12.3. The zero-order valence-electron chi connectivity index (χ0n) is 12.2. The van der Waals surface area contributed by atoms with Gasteiger partial charge in [-0.1, -0.05) is 23.8 Å². The van der Waals surface area contributed by atoms with Gasteiger partial charge in [-0.3, -0.25) is 4.79 Å². The summed E-state index contributed by atoms with van der Waals surface area (Å²) in [6.45, 7) is 2.73. The number of hydrogen-bond acceptors (Lipinski definition) is 3. The van der Waals surface area contributed by atoms with Crippen LogP contribution in [0.4, 0.5) is 5.69 Å². The molecule has 0 saturated heterocycles. The number of ether oxygens (including phenoxy) is 1. The van der Waals surface area contributed by atoms with Crippen molar-refractivity contribution in [2.24, 2.45) is 0 Å². The Morgan fingerprint density at radius 3 is 2.95 bits per heavy atom. The molecular weight excluding hydrogens is 262 g/mol. The first kappa shape index (κ1) is 13.7. The molecule has 0 aliphatic carbocycles. The maximum atomic E-state index is 12.3. The van der Waals surface area contributed by atoms with Crippen molar-refractivity contribution in [1.29, 1.82) is 0 Å². The van der Waals surface area contributed by atoms with Crippen LogP contribution < -0.4 is 10.5 Å². The average molecular weight is 281 g/mol. The zero-order valence-corrected chi connectivity index (χ0v) is 12.2. The van der Waals surface area contributed by atoms with Gasteiger partial charge in [-0.15, -0.1) is 0 Å². The smallest absolute Gasteiger partial charge is 0.165 e. The Kier molecular flexibility index (Phi) is 3.65. The van der Waals surface area contributed by atoms with Crippen LogP contribution >= 0.6 is 0 Å². The highest BCUT2D eigenvalue weighted by atomic mass is 16.5. The first-order valence-corrected chi connectivity index (χ1v) is 7.27. The van der Waals surface area contributed by atoms with Gasteiger partial charge < -0.3 is 10.5 Å². The Labute approximate surface area is 124 Å². The van der Waals surface area contributed by atoms with E-state index >= 15 is 0 Å². The van der Waals surface area contributed by atoms with Crippen LogP contribution in [0.15, 0.2) is 36.4 Å². The van der Waals surface area contributed by atoms with Crippen LogP contribution in [0.1, 0.15) is 33.5 Å². The number of nitrogens with two attached hydrogens (primary N) is 1. The van der Waals surface area contributed by atoms with E-state index in [4.69, 9.17) is 10.5 Å². The van der Waals surface area contributed by atoms with Gasteiger partial charge >= 0.3 is 0 Å². The summed E-state index contributed by atoms with van der Waals surface area (Å²) in [4.78, 5) is 12.3. The lowest BCUT2D eigenvalue weighted by Crippen LogP contribution is -2.05. The molecule has 0 fully saturated rings. The minimum Gasteiger partial charge on any atom is -0.493 e. The Morgan fingerprint density at radius 2 is 2.10 bits per heavy atom. The molecular formula is C18H19NO2. The van der Waals surface area contributed by atoms with Gasteiger partial charge in [-0.05, 0) is 42.7 Å². The molecule has 0 bridgehead atoms. The third-order valence-corrected chi connectivity index (χ3v) is 3.90. The van der Waals surface area contributed by atoms with Gasteiger partial charge in [0.15, 0.2) is 5.78 Å². The molecule has 1 heterocycles. The first-order chi connectivity index (χ1) is 10.1. The standard InChI is InChI=1S/C18H19NO2/c1-12-2-5-16(19)15(10-12)17(20)6-3-13-4-7-18-14(11-13)8-9-21-18/h2,4-5,7,10-11H,3,6,8-9,19H2,1H3. The van der Waals surface area contributed by atoms with E-state index in [2.05, 4.69) is 6.07 Å². The normalized spacial score (nSPS) is 12.8. The maximum Gasteiger partial charge on any atom is 0.165 e. The van der Waals surface area contributed by atoms with Gasteiger partial charge in [-0.2, -0.15) is 0 Å². The first-order valence-electron chi connectivity index (χ1n) is 7.27. The molecule has 1 aliphatic rings. The van der Waals surface area contributed by atoms with Crippen molar-refractivity contribution < 1.29 is 9.53 Å². The van der Waals surface area contributed by atoms with E-state index in [0.29, 0.717) is 17.7 Å². The molecule has 0 radical (unpaired) electrons. The van der Waals surface area contributed by atoms with E-state index < -0.39 is 0 Å². The molecule has 0 atom stereocenters. The molecule has 21 heavy (non-hydrogen) atoms. The van der Waals surface area contributed by atoms with Crippen LogP contribution in [0.5, 0.6) is 5.75 Å². The van der Waals surface area contributed by atoms with E-state index in [1.165, 1.54) is 11.1 Å². The number of ketones is 1. The molecule has 0 spiro atoms. The highest BCUT2D eigenvalue weighted by Crippen LogP contribution is 2.26. The second-order valence-electron chi connectivity index (χ2n) is 5.55. The molecule has 3 rings (SSSR count). The van der Waals surface area contributed by atoms with Gasteiger partial charge in [0, 0.05) is 24.1 Å². The van der Waals surface area contributed by atoms with Crippen molar-refractivity contribution in [3.05, 3.63) is 58.7 Å². The predicted octanol–water partition coefficient (Wildman–Crippen LogP) is 3.33. The highest BCUT2D eigenvalue weighted by molar-refractivity contribution is 6.01. The second kappa shape index (κ2) is 5.60. The summed E-state index contributed by atoms with van der Waals surface area (Å²) >= 11 is 0. The topological polar surface area (TPSA) is 52.3 Å². The summed E-state index contributed by atoms with van der Waals surface area (Å²) in [5, 5.41) is 0. The Balaban J connectivity index is 1.70. The molecule has 0 amide bonds. The summed E-state index contributed by atoms with van der Waals surface area (Å²) in [5.41, 5.74) is 10.6. The van der Waals surface area contributed by atoms with Crippen LogP contribution in [-0.4, -0.2) is 12.4 Å². The zero-order chi connectivity index (χ0) is 14.8. The molecule has 108 valence electrons. The quantitative estimate of drug-likeness (QED) is 0.691. The fourth-order valence-electron chi connectivity index (χ4n) is 2.70. The van der Waals surface area contributed by atoms with Crippen molar-refractivity contribution in [1.82, 2.24) is 0 Å². The fourth-order valence-corrected chi connectivity index (χ4v) is 2.70. The van der Waals surface area contributed by atoms with E-state index in [9.17, 15) is 4.79 Å². The van der Waals surface area contributed by atoms with Crippen LogP contribution in [0.3, 0.4) is 0 Å². The van der Waals surface area contributed by atoms with Crippen molar-refractivity contribution in [2.45, 2.75) is 26.2 Å². The lowest BCUT2D eigenvalue weighted by atomic mass is 9.99. The fraction of sp³-hybridized carbons (Fsp3) is 0.278. The van der Waals surface area contributed by atoms with Gasteiger partial charge in [0.2, 0.25) is 0 Å². The summed E-state index contributed by atoms with van der Waals surface area (Å²) < 4.78 is 5.49. The lowest BCUT2D eigenvalue weighted by Gasteiger charge is -2.07. The van der Waals surface area contributed by atoms with Crippen molar-refractivity contribution in [3.63, 3.8) is 0 Å². The predicted molar refractivity (Wildman–Crippen MR) is 83.9 cm³/mol. The number of nitrogen functional groups attached to an aromatic ring is 1. The monoisotopic (exact) mass is 281 g/mol. The number of Topliss-reactive ketones (excluding diaryl/α,β-unsaturated/α-hetero) is 1. The van der Waals surface area contributed by atoms with E-state index in [1.54, 1.807) is 6.07 Å². The molecule has 2 aromatic rings. The Morgan fingerprint density at radius 1 is 1.24 bits per heavy atom. The molecule has 3 nitrogen and oxygen atoms in total. The summed E-state index contributed by atoms with van der Waals surface area (Å²) in [5.74, 6) is 1.08. The van der Waals surface area contributed by atoms with Crippen LogP contribution in [0.25, 0.3) is 0 Å². The number of fused-ring (bicyclic) bond motifs is 1. The Hall–Kier alpha value is -2.29. The molecule has 2 aromatic carbocycles. The molecule has 2 N–H and O–H groups in total. The largest absolute Gasteiger partial charge is 0.493 e. The SMILES string of the molecule is Cc1ccc(N)c(C(=O)CCc2ccc3c(c2)CCO3)c1. The molecule has 0 unspecified atom stereocenters. The third-order valence-electron chi connectivity index (χ3n) is 3.90. The van der Waals surface area contributed by atoms with Crippen molar-refractivity contribution in [3.8, 4) is 5.75 Å². The molecule has 1 aliphatic heterocycles. The van der Waals surface area contributed by atoms with Gasteiger partial charge in [0.25, 0.3) is 0 Å². The number of carbonyl (C=O) groups is 1. The van der Waals surface area contributed by atoms with Crippen LogP contribution in [0, 0.1) is 6.92 Å². The van der Waals surface area contributed by atoms with Crippen LogP contribution in [-0.2, 0) is 12.8 Å². The number of carbonyl (C=O) groups excluding carboxylic acids is 1. The summed E-state index contributed by atoms with van der Waals surface area (Å²) in [7, 11) is 0. The average Bonchev–Trinajstić information content (AvgIpc) is 2.94. The van der Waals surface area contributed by atoms with E-state index in [1.807, 2.05) is 31.2 Å². The highest BCUT2D eigenvalue weighted by Gasteiger charge is 2.14. The minimum atomic E-state index is 0.105. The van der Waals surface area contributed by atoms with Gasteiger partial charge in [0.1, 0.15) is 5.75 Å². The van der Waals surface area contributed by atoms with Crippen molar-refractivity contribution >= 4 is 11.5 Å². The second-order valence-corrected chi connectivity index (χ2v) is 5.55. The van der Waals surface area contributed by atoms with Gasteiger partial charge in [0.05, 0.1) is 6.61 Å². The summed E-state index contributed by atoms with van der Waals surface area (Å²) in [6.07, 6.45) is 2.18. The Bertz CT molecular complexity index is 692. The van der Waals surface area contributed by atoms with E-state index in [0.717, 1.165) is 30.8 Å². The lowest BCUT2D eigenvalue weighted by molar-refractivity contribution is 0.0983. The van der Waals surface area contributed by atoms with E-state index in [-0.39, 0.29) is 5.78 Å².